The lowest BCUT2D eigenvalue weighted by Gasteiger charge is -2.44. The molecule has 0 amide bonds. The summed E-state index contributed by atoms with van der Waals surface area (Å²) in [5.41, 5.74) is 0.812. The molecule has 0 N–H and O–H groups in total. The van der Waals surface area contributed by atoms with E-state index < -0.39 is 10.8 Å². The Labute approximate surface area is 156 Å². The van der Waals surface area contributed by atoms with Crippen LogP contribution in [0, 0.1) is 5.41 Å². The molecule has 1 rings (SSSR count). The molecule has 0 fully saturated rings. The molecule has 0 saturated carbocycles. The van der Waals surface area contributed by atoms with Crippen LogP contribution < -0.4 is 0 Å². The molecule has 0 aliphatic rings. The van der Waals surface area contributed by atoms with Crippen molar-refractivity contribution in [3.05, 3.63) is 42.2 Å². The second-order valence-electron chi connectivity index (χ2n) is 8.51. The first-order chi connectivity index (χ1) is 11.5. The van der Waals surface area contributed by atoms with E-state index in [2.05, 4.69) is 48.5 Å². The van der Waals surface area contributed by atoms with Gasteiger partial charge in [-0.2, -0.15) is 0 Å². The summed E-state index contributed by atoms with van der Waals surface area (Å²) in [6.07, 6.45) is 3.68. The predicted molar refractivity (Wildman–Crippen MR) is 110 cm³/mol. The summed E-state index contributed by atoms with van der Waals surface area (Å²) in [6, 6.07) is 10.1. The molecule has 0 aliphatic heterocycles. The van der Waals surface area contributed by atoms with Gasteiger partial charge < -0.3 is 4.84 Å². The van der Waals surface area contributed by atoms with Gasteiger partial charge in [0.1, 0.15) is 6.26 Å². The van der Waals surface area contributed by atoms with E-state index in [1.54, 1.807) is 6.26 Å². The Bertz CT molecular complexity index is 570. The fourth-order valence-corrected chi connectivity index (χ4v) is 4.94. The molecule has 3 unspecified atom stereocenters. The Kier molecular flexibility index (Phi) is 7.88. The van der Waals surface area contributed by atoms with Gasteiger partial charge in [0.25, 0.3) is 0 Å². The van der Waals surface area contributed by atoms with Crippen LogP contribution in [-0.4, -0.2) is 31.9 Å². The molecule has 0 spiro atoms. The summed E-state index contributed by atoms with van der Waals surface area (Å²) >= 11 is 0. The van der Waals surface area contributed by atoms with E-state index in [0.29, 0.717) is 5.75 Å². The fourth-order valence-electron chi connectivity index (χ4n) is 3.24. The smallest absolute Gasteiger partial charge is 0.112 e. The number of hydroxylamine groups is 2. The molecule has 1 aromatic carbocycles. The number of hydrogen-bond acceptors (Lipinski definition) is 3. The van der Waals surface area contributed by atoms with Crippen molar-refractivity contribution in [3.63, 3.8) is 0 Å². The summed E-state index contributed by atoms with van der Waals surface area (Å²) in [7, 11) is -0.907. The highest BCUT2D eigenvalue weighted by atomic mass is 32.2. The zero-order valence-corrected chi connectivity index (χ0v) is 17.9. The quantitative estimate of drug-likeness (QED) is 0.487. The fraction of sp³-hybridized carbons (Fsp3) is 0.619. The maximum atomic E-state index is 12.7. The summed E-state index contributed by atoms with van der Waals surface area (Å²) in [5.74, 6) is 0.657. The minimum absolute atomic E-state index is 0.0150. The lowest BCUT2D eigenvalue weighted by Crippen LogP contribution is -2.55. The summed E-state index contributed by atoms with van der Waals surface area (Å²) in [5, 5.41) is 2.00. The molecule has 0 heterocycles. The first kappa shape index (κ1) is 21.9. The van der Waals surface area contributed by atoms with Crippen LogP contribution >= 0.6 is 0 Å². The maximum Gasteiger partial charge on any atom is 0.112 e. The van der Waals surface area contributed by atoms with Crippen LogP contribution in [0.4, 0.5) is 0 Å². The zero-order chi connectivity index (χ0) is 19.3. The first-order valence-electron chi connectivity index (χ1n) is 9.03. The summed E-state index contributed by atoms with van der Waals surface area (Å²) < 4.78 is 12.7. The van der Waals surface area contributed by atoms with Crippen molar-refractivity contribution in [1.29, 1.82) is 0 Å². The van der Waals surface area contributed by atoms with E-state index in [-0.39, 0.29) is 22.2 Å². The standard InChI is InChI=1S/C21H35NO2S/c1-9-25(23)19(20(3,4)5)17(2)22(21(6,7)8)24-16-15-18-13-11-10-12-14-18/h10-17,19H,9H2,1-8H3/b16-15+. The van der Waals surface area contributed by atoms with E-state index in [0.717, 1.165) is 5.56 Å². The van der Waals surface area contributed by atoms with Crippen LogP contribution in [0.5, 0.6) is 0 Å². The van der Waals surface area contributed by atoms with Gasteiger partial charge >= 0.3 is 0 Å². The molecule has 1 aromatic rings. The molecule has 4 heteroatoms. The highest BCUT2D eigenvalue weighted by Crippen LogP contribution is 2.32. The van der Waals surface area contributed by atoms with E-state index in [4.69, 9.17) is 4.84 Å². The van der Waals surface area contributed by atoms with Crippen molar-refractivity contribution in [2.75, 3.05) is 5.75 Å². The van der Waals surface area contributed by atoms with Crippen molar-refractivity contribution in [2.24, 2.45) is 5.41 Å². The van der Waals surface area contributed by atoms with Crippen molar-refractivity contribution in [3.8, 4) is 0 Å². The molecule has 0 aliphatic carbocycles. The topological polar surface area (TPSA) is 29.5 Å². The molecule has 3 nitrogen and oxygen atoms in total. The van der Waals surface area contributed by atoms with E-state index in [1.165, 1.54) is 0 Å². The largest absolute Gasteiger partial charge is 0.413 e. The number of benzene rings is 1. The predicted octanol–water partition coefficient (Wildman–Crippen LogP) is 5.26. The summed E-state index contributed by atoms with van der Waals surface area (Å²) in [6.45, 7) is 16.9. The lowest BCUT2D eigenvalue weighted by molar-refractivity contribution is -0.193. The molecule has 0 bridgehead atoms. The average molecular weight is 366 g/mol. The molecule has 0 aromatic heterocycles. The minimum atomic E-state index is -0.907. The number of hydrogen-bond donors (Lipinski definition) is 0. The normalized spacial score (nSPS) is 16.8. The Morgan fingerprint density at radius 3 is 2.12 bits per heavy atom. The van der Waals surface area contributed by atoms with Gasteiger partial charge in [-0.15, -0.1) is 5.06 Å². The highest BCUT2D eigenvalue weighted by Gasteiger charge is 2.41. The van der Waals surface area contributed by atoms with Gasteiger partial charge in [-0.1, -0.05) is 58.0 Å². The van der Waals surface area contributed by atoms with Crippen molar-refractivity contribution >= 4 is 16.9 Å². The molecular formula is C21H35NO2S. The van der Waals surface area contributed by atoms with Gasteiger partial charge in [0, 0.05) is 22.1 Å². The molecular weight excluding hydrogens is 330 g/mol. The molecule has 0 radical (unpaired) electrons. The Morgan fingerprint density at radius 1 is 1.12 bits per heavy atom. The van der Waals surface area contributed by atoms with E-state index in [9.17, 15) is 4.21 Å². The first-order valence-corrected chi connectivity index (χ1v) is 10.4. The molecule has 142 valence electrons. The third kappa shape index (κ3) is 6.59. The van der Waals surface area contributed by atoms with Crippen molar-refractivity contribution in [1.82, 2.24) is 5.06 Å². The monoisotopic (exact) mass is 365 g/mol. The Balaban J connectivity index is 3.04. The van der Waals surface area contributed by atoms with Gasteiger partial charge in [-0.05, 0) is 44.7 Å². The third-order valence-electron chi connectivity index (χ3n) is 4.12. The van der Waals surface area contributed by atoms with Crippen LogP contribution in [0.1, 0.15) is 61.0 Å². The lowest BCUT2D eigenvalue weighted by atomic mass is 9.87. The maximum absolute atomic E-state index is 12.7. The molecule has 25 heavy (non-hydrogen) atoms. The van der Waals surface area contributed by atoms with Crippen LogP contribution in [0.3, 0.4) is 0 Å². The zero-order valence-electron chi connectivity index (χ0n) is 17.1. The van der Waals surface area contributed by atoms with Crippen LogP contribution in [0.2, 0.25) is 0 Å². The highest BCUT2D eigenvalue weighted by molar-refractivity contribution is 7.85. The van der Waals surface area contributed by atoms with Gasteiger partial charge in [0.05, 0.1) is 11.3 Å². The number of rotatable bonds is 7. The Morgan fingerprint density at radius 2 is 1.68 bits per heavy atom. The SMILES string of the molecule is CCS(=O)C(C(C)N(O/C=C/c1ccccc1)C(C)(C)C)C(C)(C)C. The number of nitrogens with zero attached hydrogens (tertiary/aromatic N) is 1. The van der Waals surface area contributed by atoms with Gasteiger partial charge in [0.15, 0.2) is 0 Å². The second-order valence-corrected chi connectivity index (χ2v) is 10.4. The van der Waals surface area contributed by atoms with E-state index in [1.807, 2.05) is 48.4 Å². The third-order valence-corrected chi connectivity index (χ3v) is 6.36. The van der Waals surface area contributed by atoms with Gasteiger partial charge in [0.2, 0.25) is 0 Å². The van der Waals surface area contributed by atoms with Gasteiger partial charge in [-0.3, -0.25) is 4.21 Å². The van der Waals surface area contributed by atoms with E-state index >= 15 is 0 Å². The van der Waals surface area contributed by atoms with Crippen LogP contribution in [0.25, 0.3) is 6.08 Å². The Hall–Kier alpha value is -1.13. The minimum Gasteiger partial charge on any atom is -0.413 e. The van der Waals surface area contributed by atoms with Gasteiger partial charge in [-0.25, -0.2) is 0 Å². The summed E-state index contributed by atoms with van der Waals surface area (Å²) in [4.78, 5) is 6.06. The average Bonchev–Trinajstić information content (AvgIpc) is 2.49. The van der Waals surface area contributed by atoms with Crippen LogP contribution in [-0.2, 0) is 15.6 Å². The van der Waals surface area contributed by atoms with Crippen molar-refractivity contribution in [2.45, 2.75) is 72.2 Å². The van der Waals surface area contributed by atoms with Crippen molar-refractivity contribution < 1.29 is 9.05 Å². The molecule has 3 atom stereocenters. The van der Waals surface area contributed by atoms with Crippen LogP contribution in [0.15, 0.2) is 36.6 Å². The molecule has 0 saturated heterocycles. The second kappa shape index (κ2) is 9.00.